The number of hydrogen-bond donors (Lipinski definition) is 2. The number of methoxy groups -OCH3 is 1. The Labute approximate surface area is 152 Å². The zero-order valence-electron chi connectivity index (χ0n) is 14.7. The fraction of sp³-hybridized carbons (Fsp3) is 0.300. The van der Waals surface area contributed by atoms with Gasteiger partial charge in [0.25, 0.3) is 0 Å². The molecule has 1 unspecified atom stereocenters. The van der Waals surface area contributed by atoms with E-state index in [4.69, 9.17) is 9.47 Å². The molecule has 0 aliphatic carbocycles. The van der Waals surface area contributed by atoms with E-state index >= 15 is 0 Å². The smallest absolute Gasteiger partial charge is 0.229 e. The van der Waals surface area contributed by atoms with E-state index in [2.05, 4.69) is 20.6 Å². The van der Waals surface area contributed by atoms with Gasteiger partial charge in [0.15, 0.2) is 0 Å². The van der Waals surface area contributed by atoms with Crippen LogP contribution in [0.3, 0.4) is 0 Å². The normalized spacial score (nSPS) is 16.6. The number of ether oxygens (including phenoxy) is 2. The number of para-hydroxylation sites is 1. The molecule has 1 aliphatic rings. The molecule has 0 radical (unpaired) electrons. The van der Waals surface area contributed by atoms with Gasteiger partial charge >= 0.3 is 0 Å². The van der Waals surface area contributed by atoms with E-state index in [0.29, 0.717) is 5.95 Å². The van der Waals surface area contributed by atoms with Gasteiger partial charge in [-0.1, -0.05) is 12.1 Å². The van der Waals surface area contributed by atoms with Crippen LogP contribution in [0, 0.1) is 0 Å². The van der Waals surface area contributed by atoms with Gasteiger partial charge in [-0.3, -0.25) is 0 Å². The van der Waals surface area contributed by atoms with Gasteiger partial charge in [0, 0.05) is 24.2 Å². The molecule has 1 saturated heterocycles. The Hall–Kier alpha value is -2.86. The van der Waals surface area contributed by atoms with Crippen LogP contribution in [0.5, 0.6) is 5.75 Å². The number of nitrogens with zero attached hydrogens (tertiary/aromatic N) is 2. The highest BCUT2D eigenvalue weighted by Gasteiger charge is 2.16. The first kappa shape index (κ1) is 16.6. The third kappa shape index (κ3) is 3.70. The molecule has 1 aromatic heterocycles. The fourth-order valence-electron chi connectivity index (χ4n) is 3.09. The van der Waals surface area contributed by atoms with Crippen molar-refractivity contribution in [1.29, 1.82) is 0 Å². The molecule has 6 heteroatoms. The van der Waals surface area contributed by atoms with E-state index in [1.54, 1.807) is 7.11 Å². The second-order valence-corrected chi connectivity index (χ2v) is 6.28. The van der Waals surface area contributed by atoms with Crippen LogP contribution in [0.15, 0.2) is 48.5 Å². The standard InChI is InChI=1S/C20H22N4O2/c1-25-15-10-8-14(9-11-15)22-20-23-18-7-3-2-6-17(18)19(24-20)21-13-16-5-4-12-26-16/h2-3,6-11,16H,4-5,12-13H2,1H3,(H2,21,22,23,24). The highest BCUT2D eigenvalue weighted by molar-refractivity contribution is 5.90. The van der Waals surface area contributed by atoms with Crippen molar-refractivity contribution in [1.82, 2.24) is 9.97 Å². The summed E-state index contributed by atoms with van der Waals surface area (Å²) in [4.78, 5) is 9.31. The van der Waals surface area contributed by atoms with E-state index in [9.17, 15) is 0 Å². The van der Waals surface area contributed by atoms with Gasteiger partial charge < -0.3 is 20.1 Å². The molecule has 0 amide bonds. The molecule has 0 saturated carbocycles. The van der Waals surface area contributed by atoms with Crippen LogP contribution in [0.1, 0.15) is 12.8 Å². The molecule has 26 heavy (non-hydrogen) atoms. The summed E-state index contributed by atoms with van der Waals surface area (Å²) in [6.45, 7) is 1.60. The highest BCUT2D eigenvalue weighted by atomic mass is 16.5. The molecule has 2 N–H and O–H groups in total. The summed E-state index contributed by atoms with van der Waals surface area (Å²) in [6.07, 6.45) is 2.47. The topological polar surface area (TPSA) is 68.3 Å². The van der Waals surface area contributed by atoms with Crippen LogP contribution in [-0.2, 0) is 4.74 Å². The molecule has 0 spiro atoms. The van der Waals surface area contributed by atoms with Crippen LogP contribution < -0.4 is 15.4 Å². The van der Waals surface area contributed by atoms with Crippen molar-refractivity contribution < 1.29 is 9.47 Å². The average molecular weight is 350 g/mol. The lowest BCUT2D eigenvalue weighted by Gasteiger charge is -2.14. The van der Waals surface area contributed by atoms with Gasteiger partial charge in [-0.15, -0.1) is 0 Å². The molecule has 1 aliphatic heterocycles. The number of nitrogens with one attached hydrogen (secondary N) is 2. The zero-order valence-corrected chi connectivity index (χ0v) is 14.7. The Bertz CT molecular complexity index is 877. The predicted molar refractivity (Wildman–Crippen MR) is 103 cm³/mol. The largest absolute Gasteiger partial charge is 0.497 e. The first-order valence-corrected chi connectivity index (χ1v) is 8.85. The van der Waals surface area contributed by atoms with E-state index in [-0.39, 0.29) is 6.10 Å². The summed E-state index contributed by atoms with van der Waals surface area (Å²) in [7, 11) is 1.65. The number of fused-ring (bicyclic) bond motifs is 1. The molecule has 1 atom stereocenters. The van der Waals surface area contributed by atoms with E-state index in [1.807, 2.05) is 48.5 Å². The molecular formula is C20H22N4O2. The fourth-order valence-corrected chi connectivity index (χ4v) is 3.09. The van der Waals surface area contributed by atoms with Crippen LogP contribution in [0.4, 0.5) is 17.5 Å². The lowest BCUT2D eigenvalue weighted by molar-refractivity contribution is 0.120. The van der Waals surface area contributed by atoms with E-state index < -0.39 is 0 Å². The van der Waals surface area contributed by atoms with Crippen LogP contribution in [0.25, 0.3) is 10.9 Å². The van der Waals surface area contributed by atoms with Gasteiger partial charge in [-0.05, 0) is 49.2 Å². The van der Waals surface area contributed by atoms with Gasteiger partial charge in [0.2, 0.25) is 5.95 Å². The molecule has 0 bridgehead atoms. The number of benzene rings is 2. The predicted octanol–water partition coefficient (Wildman–Crippen LogP) is 3.97. The third-order valence-corrected chi connectivity index (χ3v) is 4.47. The molecule has 2 aromatic carbocycles. The quantitative estimate of drug-likeness (QED) is 0.701. The first-order chi connectivity index (χ1) is 12.8. The molecule has 6 nitrogen and oxygen atoms in total. The molecule has 3 aromatic rings. The Morgan fingerprint density at radius 1 is 1.12 bits per heavy atom. The van der Waals surface area contributed by atoms with Gasteiger partial charge in [-0.2, -0.15) is 4.98 Å². The first-order valence-electron chi connectivity index (χ1n) is 8.85. The lowest BCUT2D eigenvalue weighted by Crippen LogP contribution is -2.19. The monoisotopic (exact) mass is 350 g/mol. The SMILES string of the molecule is COc1ccc(Nc2nc(NCC3CCCO3)c3ccccc3n2)cc1. The van der Waals surface area contributed by atoms with E-state index in [1.165, 1.54) is 0 Å². The van der Waals surface area contributed by atoms with Crippen molar-refractivity contribution >= 4 is 28.4 Å². The lowest BCUT2D eigenvalue weighted by atomic mass is 10.2. The summed E-state index contributed by atoms with van der Waals surface area (Å²) >= 11 is 0. The van der Waals surface area contributed by atoms with Crippen LogP contribution >= 0.6 is 0 Å². The molecule has 1 fully saturated rings. The van der Waals surface area contributed by atoms with E-state index in [0.717, 1.165) is 54.2 Å². The molecular weight excluding hydrogens is 328 g/mol. The number of aromatic nitrogens is 2. The van der Waals surface area contributed by atoms with Crippen molar-refractivity contribution in [3.63, 3.8) is 0 Å². The molecule has 2 heterocycles. The number of anilines is 3. The van der Waals surface area contributed by atoms with Crippen LogP contribution in [-0.4, -0.2) is 36.3 Å². The van der Waals surface area contributed by atoms with Crippen molar-refractivity contribution in [3.05, 3.63) is 48.5 Å². The maximum Gasteiger partial charge on any atom is 0.229 e. The van der Waals surface area contributed by atoms with Gasteiger partial charge in [0.1, 0.15) is 11.6 Å². The second kappa shape index (κ2) is 7.58. The summed E-state index contributed by atoms with van der Waals surface area (Å²) in [6, 6.07) is 15.7. The van der Waals surface area contributed by atoms with Gasteiger partial charge in [-0.25, -0.2) is 4.98 Å². The molecule has 134 valence electrons. The Kier molecular flexibility index (Phi) is 4.84. The minimum atomic E-state index is 0.252. The maximum absolute atomic E-state index is 5.70. The second-order valence-electron chi connectivity index (χ2n) is 6.28. The average Bonchev–Trinajstić information content (AvgIpc) is 3.20. The van der Waals surface area contributed by atoms with Crippen molar-refractivity contribution in [3.8, 4) is 5.75 Å². The molecule has 4 rings (SSSR count). The third-order valence-electron chi connectivity index (χ3n) is 4.47. The number of hydrogen-bond acceptors (Lipinski definition) is 6. The summed E-state index contributed by atoms with van der Waals surface area (Å²) in [5.41, 5.74) is 1.81. The van der Waals surface area contributed by atoms with Crippen molar-refractivity contribution in [2.45, 2.75) is 18.9 Å². The van der Waals surface area contributed by atoms with Gasteiger partial charge in [0.05, 0.1) is 18.7 Å². The minimum Gasteiger partial charge on any atom is -0.497 e. The summed E-state index contributed by atoms with van der Waals surface area (Å²) < 4.78 is 10.9. The van der Waals surface area contributed by atoms with Crippen molar-refractivity contribution in [2.75, 3.05) is 30.9 Å². The summed E-state index contributed by atoms with van der Waals surface area (Å²) in [5, 5.41) is 7.71. The zero-order chi connectivity index (χ0) is 17.8. The Morgan fingerprint density at radius 2 is 1.96 bits per heavy atom. The number of rotatable bonds is 6. The Balaban J connectivity index is 1.59. The Morgan fingerprint density at radius 3 is 2.73 bits per heavy atom. The summed E-state index contributed by atoms with van der Waals surface area (Å²) in [5.74, 6) is 2.19. The van der Waals surface area contributed by atoms with Crippen LogP contribution in [0.2, 0.25) is 0 Å². The highest BCUT2D eigenvalue weighted by Crippen LogP contribution is 2.25. The van der Waals surface area contributed by atoms with Crippen molar-refractivity contribution in [2.24, 2.45) is 0 Å². The maximum atomic E-state index is 5.70. The minimum absolute atomic E-state index is 0.252.